The van der Waals surface area contributed by atoms with Gasteiger partial charge in [-0.15, -0.1) is 0 Å². The molecule has 2 rings (SSSR count). The number of nitrogens with two attached hydrogens (primary N) is 1. The van der Waals surface area contributed by atoms with Crippen LogP contribution in [0.4, 0.5) is 15.8 Å². The lowest BCUT2D eigenvalue weighted by atomic mass is 10.1. The molecule has 1 amide bonds. The van der Waals surface area contributed by atoms with E-state index in [0.717, 1.165) is 0 Å². The number of amides is 1. The standard InChI is InChI=1S/C13H10ClFN2O/c14-10-2-1-3-11(16)12(10)13(18)17-9-6-4-8(15)5-7-9/h1-7H,16H2,(H,17,18). The molecule has 0 radical (unpaired) electrons. The minimum Gasteiger partial charge on any atom is -0.398 e. The number of anilines is 2. The van der Waals surface area contributed by atoms with Crippen molar-refractivity contribution in [3.8, 4) is 0 Å². The molecule has 3 nitrogen and oxygen atoms in total. The number of hydrogen-bond donors (Lipinski definition) is 2. The third-order valence-electron chi connectivity index (χ3n) is 2.37. The Balaban J connectivity index is 2.25. The van der Waals surface area contributed by atoms with Gasteiger partial charge in [-0.1, -0.05) is 17.7 Å². The summed E-state index contributed by atoms with van der Waals surface area (Å²) in [6.07, 6.45) is 0. The lowest BCUT2D eigenvalue weighted by molar-refractivity contribution is 0.102. The van der Waals surface area contributed by atoms with E-state index in [1.54, 1.807) is 18.2 Å². The van der Waals surface area contributed by atoms with Crippen LogP contribution in [0.1, 0.15) is 10.4 Å². The molecule has 0 atom stereocenters. The molecule has 2 aromatic rings. The van der Waals surface area contributed by atoms with E-state index in [4.69, 9.17) is 17.3 Å². The van der Waals surface area contributed by atoms with Gasteiger partial charge in [0.1, 0.15) is 5.82 Å². The van der Waals surface area contributed by atoms with E-state index >= 15 is 0 Å². The second kappa shape index (κ2) is 5.06. The van der Waals surface area contributed by atoms with Gasteiger partial charge in [-0.25, -0.2) is 4.39 Å². The zero-order valence-electron chi connectivity index (χ0n) is 9.28. The topological polar surface area (TPSA) is 55.1 Å². The third kappa shape index (κ3) is 2.60. The van der Waals surface area contributed by atoms with Crippen LogP contribution in [0.15, 0.2) is 42.5 Å². The lowest BCUT2D eigenvalue weighted by Crippen LogP contribution is -2.14. The normalized spacial score (nSPS) is 10.1. The number of nitrogens with one attached hydrogen (secondary N) is 1. The number of benzene rings is 2. The fraction of sp³-hybridized carbons (Fsp3) is 0. The highest BCUT2D eigenvalue weighted by molar-refractivity contribution is 6.35. The van der Waals surface area contributed by atoms with Crippen LogP contribution >= 0.6 is 11.6 Å². The minimum absolute atomic E-state index is 0.212. The van der Waals surface area contributed by atoms with Crippen molar-refractivity contribution in [2.45, 2.75) is 0 Å². The molecule has 0 saturated heterocycles. The second-order valence-corrected chi connectivity index (χ2v) is 4.07. The first-order valence-corrected chi connectivity index (χ1v) is 5.56. The smallest absolute Gasteiger partial charge is 0.259 e. The number of carbonyl (C=O) groups is 1. The van der Waals surface area contributed by atoms with Crippen LogP contribution in [-0.2, 0) is 0 Å². The van der Waals surface area contributed by atoms with Crippen molar-refractivity contribution < 1.29 is 9.18 Å². The van der Waals surface area contributed by atoms with Crippen molar-refractivity contribution >= 4 is 28.9 Å². The predicted octanol–water partition coefficient (Wildman–Crippen LogP) is 3.31. The molecule has 0 unspecified atom stereocenters. The molecule has 0 heterocycles. The molecule has 0 saturated carbocycles. The van der Waals surface area contributed by atoms with Crippen molar-refractivity contribution in [1.29, 1.82) is 0 Å². The van der Waals surface area contributed by atoms with Crippen LogP contribution in [0.25, 0.3) is 0 Å². The molecule has 92 valence electrons. The maximum absolute atomic E-state index is 12.7. The van der Waals surface area contributed by atoms with Gasteiger partial charge >= 0.3 is 0 Å². The summed E-state index contributed by atoms with van der Waals surface area (Å²) >= 11 is 5.92. The molecule has 0 spiro atoms. The van der Waals surface area contributed by atoms with Gasteiger partial charge in [0.25, 0.3) is 5.91 Å². The van der Waals surface area contributed by atoms with E-state index in [1.807, 2.05) is 0 Å². The van der Waals surface area contributed by atoms with Gasteiger partial charge in [0.05, 0.1) is 10.6 Å². The highest BCUT2D eigenvalue weighted by atomic mass is 35.5. The van der Waals surface area contributed by atoms with Crippen LogP contribution in [0.5, 0.6) is 0 Å². The van der Waals surface area contributed by atoms with E-state index in [0.29, 0.717) is 11.4 Å². The first-order valence-electron chi connectivity index (χ1n) is 5.19. The monoisotopic (exact) mass is 264 g/mol. The van der Waals surface area contributed by atoms with Gasteiger partial charge in [-0.3, -0.25) is 4.79 Å². The van der Waals surface area contributed by atoms with Crippen molar-refractivity contribution in [2.24, 2.45) is 0 Å². The predicted molar refractivity (Wildman–Crippen MR) is 70.2 cm³/mol. The van der Waals surface area contributed by atoms with Crippen molar-refractivity contribution in [1.82, 2.24) is 0 Å². The summed E-state index contributed by atoms with van der Waals surface area (Å²) in [5.74, 6) is -0.796. The second-order valence-electron chi connectivity index (χ2n) is 3.67. The fourth-order valence-corrected chi connectivity index (χ4v) is 1.77. The molecule has 5 heteroatoms. The molecular weight excluding hydrogens is 255 g/mol. The van der Waals surface area contributed by atoms with Gasteiger partial charge in [0.2, 0.25) is 0 Å². The Hall–Kier alpha value is -2.07. The molecule has 0 aromatic heterocycles. The van der Waals surface area contributed by atoms with Crippen molar-refractivity contribution in [3.05, 3.63) is 58.9 Å². The van der Waals surface area contributed by atoms with Crippen LogP contribution in [-0.4, -0.2) is 5.91 Å². The maximum atomic E-state index is 12.7. The van der Waals surface area contributed by atoms with E-state index in [-0.39, 0.29) is 16.4 Å². The number of nitrogen functional groups attached to an aromatic ring is 1. The molecule has 0 fully saturated rings. The number of rotatable bonds is 2. The zero-order valence-corrected chi connectivity index (χ0v) is 10.0. The number of halogens is 2. The Morgan fingerprint density at radius 3 is 2.44 bits per heavy atom. The van der Waals surface area contributed by atoms with E-state index < -0.39 is 5.91 Å². The first-order chi connectivity index (χ1) is 8.58. The SMILES string of the molecule is Nc1cccc(Cl)c1C(=O)Nc1ccc(F)cc1. The number of carbonyl (C=O) groups excluding carboxylic acids is 1. The number of hydrogen-bond acceptors (Lipinski definition) is 2. The average molecular weight is 265 g/mol. The van der Waals surface area contributed by atoms with Crippen LogP contribution in [0.3, 0.4) is 0 Å². The highest BCUT2D eigenvalue weighted by Crippen LogP contribution is 2.23. The van der Waals surface area contributed by atoms with Crippen molar-refractivity contribution in [2.75, 3.05) is 11.1 Å². The summed E-state index contributed by atoms with van der Waals surface area (Å²) in [4.78, 5) is 12.0. The lowest BCUT2D eigenvalue weighted by Gasteiger charge is -2.09. The Morgan fingerprint density at radius 1 is 1.17 bits per heavy atom. The fourth-order valence-electron chi connectivity index (χ4n) is 1.51. The maximum Gasteiger partial charge on any atom is 0.259 e. The zero-order chi connectivity index (χ0) is 13.1. The quantitative estimate of drug-likeness (QED) is 0.818. The molecule has 0 aliphatic heterocycles. The summed E-state index contributed by atoms with van der Waals surface area (Å²) in [7, 11) is 0. The van der Waals surface area contributed by atoms with Crippen LogP contribution in [0.2, 0.25) is 5.02 Å². The minimum atomic E-state index is -0.426. The summed E-state index contributed by atoms with van der Waals surface area (Å²) in [6, 6.07) is 10.3. The molecule has 0 aliphatic carbocycles. The van der Waals surface area contributed by atoms with E-state index in [1.165, 1.54) is 24.3 Å². The molecule has 2 aromatic carbocycles. The molecule has 0 bridgehead atoms. The van der Waals surface area contributed by atoms with Gasteiger partial charge < -0.3 is 11.1 Å². The Kier molecular flexibility index (Phi) is 3.48. The Morgan fingerprint density at radius 2 is 1.83 bits per heavy atom. The van der Waals surface area contributed by atoms with Gasteiger partial charge in [-0.2, -0.15) is 0 Å². The molecular formula is C13H10ClFN2O. The summed E-state index contributed by atoms with van der Waals surface area (Å²) in [6.45, 7) is 0. The van der Waals surface area contributed by atoms with E-state index in [9.17, 15) is 9.18 Å². The van der Waals surface area contributed by atoms with Gasteiger partial charge in [0, 0.05) is 11.4 Å². The molecule has 18 heavy (non-hydrogen) atoms. The van der Waals surface area contributed by atoms with Crippen LogP contribution < -0.4 is 11.1 Å². The third-order valence-corrected chi connectivity index (χ3v) is 2.69. The average Bonchev–Trinajstić information content (AvgIpc) is 2.32. The summed E-state index contributed by atoms with van der Waals surface area (Å²) in [5.41, 5.74) is 6.67. The van der Waals surface area contributed by atoms with E-state index in [2.05, 4.69) is 5.32 Å². The first kappa shape index (κ1) is 12.4. The highest BCUT2D eigenvalue weighted by Gasteiger charge is 2.13. The Bertz CT molecular complexity index is 564. The molecule has 0 aliphatic rings. The van der Waals surface area contributed by atoms with Crippen molar-refractivity contribution in [3.63, 3.8) is 0 Å². The van der Waals surface area contributed by atoms with Crippen LogP contribution in [0, 0.1) is 5.82 Å². The van der Waals surface area contributed by atoms with Gasteiger partial charge in [-0.05, 0) is 36.4 Å². The summed E-state index contributed by atoms with van der Waals surface area (Å²) in [5, 5.41) is 2.87. The van der Waals surface area contributed by atoms with Gasteiger partial charge in [0.15, 0.2) is 0 Å². The molecule has 3 N–H and O–H groups in total. The summed E-state index contributed by atoms with van der Waals surface area (Å²) < 4.78 is 12.7. The Labute approximate surface area is 108 Å². The largest absolute Gasteiger partial charge is 0.398 e.